The van der Waals surface area contributed by atoms with Gasteiger partial charge in [0.15, 0.2) is 6.04 Å². The van der Waals surface area contributed by atoms with Crippen LogP contribution in [0, 0.1) is 0 Å². The van der Waals surface area contributed by atoms with Crippen molar-refractivity contribution in [1.29, 1.82) is 0 Å². The van der Waals surface area contributed by atoms with Gasteiger partial charge in [-0.1, -0.05) is 42.5 Å². The molecule has 2 aromatic rings. The molecule has 0 spiro atoms. The third-order valence-electron chi connectivity index (χ3n) is 5.81. The number of quaternary nitrogens is 2. The predicted molar refractivity (Wildman–Crippen MR) is 110 cm³/mol. The smallest absolute Gasteiger partial charge is 0.280 e. The van der Waals surface area contributed by atoms with Gasteiger partial charge in [-0.15, -0.1) is 0 Å². The summed E-state index contributed by atoms with van der Waals surface area (Å²) in [7, 11) is 3.78. The van der Waals surface area contributed by atoms with Gasteiger partial charge in [-0.2, -0.15) is 0 Å². The van der Waals surface area contributed by atoms with Gasteiger partial charge in [0.25, 0.3) is 5.91 Å². The standard InChI is InChI=1S/C23H31N3O2/c1-19(24(2)17-21-10-7-11-22(16-21)28-3)23(27)26-14-12-25(13-15-26)18-20-8-5-4-6-9-20/h4-11,16,19H,12-15,17-18H2,1-3H3/p+2/t19-/m1/s1. The van der Waals surface area contributed by atoms with Crippen molar-refractivity contribution in [2.45, 2.75) is 26.1 Å². The molecule has 1 heterocycles. The summed E-state index contributed by atoms with van der Waals surface area (Å²) in [5, 5.41) is 0. The van der Waals surface area contributed by atoms with E-state index in [4.69, 9.17) is 4.74 Å². The lowest BCUT2D eigenvalue weighted by Gasteiger charge is -2.34. The van der Waals surface area contributed by atoms with Crippen molar-refractivity contribution < 1.29 is 19.3 Å². The molecule has 1 aliphatic heterocycles. The first-order chi connectivity index (χ1) is 13.6. The van der Waals surface area contributed by atoms with Crippen molar-refractivity contribution in [3.8, 4) is 5.75 Å². The molecule has 0 aliphatic carbocycles. The van der Waals surface area contributed by atoms with Gasteiger partial charge in [0.2, 0.25) is 0 Å². The number of benzene rings is 2. The zero-order valence-corrected chi connectivity index (χ0v) is 17.3. The average Bonchev–Trinajstić information content (AvgIpc) is 2.74. The van der Waals surface area contributed by atoms with E-state index in [-0.39, 0.29) is 11.9 Å². The molecule has 1 fully saturated rings. The molecule has 2 aromatic carbocycles. The van der Waals surface area contributed by atoms with Crippen LogP contribution in [-0.2, 0) is 17.9 Å². The molecule has 5 heteroatoms. The minimum absolute atomic E-state index is 0.0538. The number of carbonyl (C=O) groups excluding carboxylic acids is 1. The monoisotopic (exact) mass is 383 g/mol. The molecule has 28 heavy (non-hydrogen) atoms. The van der Waals surface area contributed by atoms with Crippen LogP contribution in [0.1, 0.15) is 18.1 Å². The van der Waals surface area contributed by atoms with Gasteiger partial charge in [0, 0.05) is 11.1 Å². The van der Waals surface area contributed by atoms with E-state index in [1.165, 1.54) is 16.0 Å². The Morgan fingerprint density at radius 3 is 2.46 bits per heavy atom. The third-order valence-corrected chi connectivity index (χ3v) is 5.81. The van der Waals surface area contributed by atoms with Crippen molar-refractivity contribution in [1.82, 2.24) is 4.90 Å². The van der Waals surface area contributed by atoms with Gasteiger partial charge < -0.3 is 19.4 Å². The number of carbonyl (C=O) groups is 1. The topological polar surface area (TPSA) is 38.4 Å². The van der Waals surface area contributed by atoms with E-state index in [0.29, 0.717) is 0 Å². The molecule has 1 unspecified atom stereocenters. The van der Waals surface area contributed by atoms with Crippen molar-refractivity contribution in [3.63, 3.8) is 0 Å². The number of amides is 1. The van der Waals surface area contributed by atoms with E-state index >= 15 is 0 Å². The molecular formula is C23H33N3O2+2. The second-order valence-corrected chi connectivity index (χ2v) is 7.83. The highest BCUT2D eigenvalue weighted by Gasteiger charge is 2.31. The molecule has 0 saturated carbocycles. The minimum Gasteiger partial charge on any atom is -0.497 e. The quantitative estimate of drug-likeness (QED) is 0.708. The SMILES string of the molecule is COc1cccc(C[NH+](C)[C@H](C)C(=O)N2CC[NH+](Cc3ccccc3)CC2)c1. The van der Waals surface area contributed by atoms with E-state index in [9.17, 15) is 4.79 Å². The number of rotatable bonds is 7. The van der Waals surface area contributed by atoms with Gasteiger partial charge in [-0.05, 0) is 19.1 Å². The molecule has 2 N–H and O–H groups in total. The summed E-state index contributed by atoms with van der Waals surface area (Å²) < 4.78 is 5.31. The van der Waals surface area contributed by atoms with Crippen molar-refractivity contribution in [2.24, 2.45) is 0 Å². The van der Waals surface area contributed by atoms with Gasteiger partial charge in [-0.25, -0.2) is 0 Å². The summed E-state index contributed by atoms with van der Waals surface area (Å²) in [6, 6.07) is 18.7. The van der Waals surface area contributed by atoms with Gasteiger partial charge in [-0.3, -0.25) is 4.79 Å². The molecule has 3 rings (SSSR count). The molecule has 0 aromatic heterocycles. The number of methoxy groups -OCH3 is 1. The largest absolute Gasteiger partial charge is 0.497 e. The Morgan fingerprint density at radius 1 is 1.11 bits per heavy atom. The lowest BCUT2D eigenvalue weighted by atomic mass is 10.1. The van der Waals surface area contributed by atoms with Gasteiger partial charge in [0.05, 0.1) is 40.3 Å². The zero-order valence-electron chi connectivity index (χ0n) is 17.3. The van der Waals surface area contributed by atoms with Crippen LogP contribution in [0.3, 0.4) is 0 Å². The summed E-state index contributed by atoms with van der Waals surface area (Å²) in [5.41, 5.74) is 2.56. The number of likely N-dealkylation sites (N-methyl/N-ethyl adjacent to an activating group) is 1. The Labute approximate surface area is 168 Å². The van der Waals surface area contributed by atoms with Crippen LogP contribution in [0.25, 0.3) is 0 Å². The molecule has 1 aliphatic rings. The number of hydrogen-bond donors (Lipinski definition) is 2. The molecule has 1 amide bonds. The summed E-state index contributed by atoms with van der Waals surface area (Å²) in [6.45, 7) is 7.61. The van der Waals surface area contributed by atoms with Crippen molar-refractivity contribution in [2.75, 3.05) is 40.3 Å². The van der Waals surface area contributed by atoms with Crippen molar-refractivity contribution >= 4 is 5.91 Å². The Morgan fingerprint density at radius 2 is 1.79 bits per heavy atom. The average molecular weight is 384 g/mol. The van der Waals surface area contributed by atoms with E-state index in [2.05, 4.69) is 43.4 Å². The van der Waals surface area contributed by atoms with E-state index in [1.807, 2.05) is 30.0 Å². The van der Waals surface area contributed by atoms with E-state index < -0.39 is 0 Å². The number of nitrogens with one attached hydrogen (secondary N) is 2. The highest BCUT2D eigenvalue weighted by Crippen LogP contribution is 2.11. The second-order valence-electron chi connectivity index (χ2n) is 7.83. The fourth-order valence-corrected chi connectivity index (χ4v) is 3.85. The Bertz CT molecular complexity index is 757. The first-order valence-electron chi connectivity index (χ1n) is 10.2. The maximum Gasteiger partial charge on any atom is 0.280 e. The number of piperazine rings is 1. The molecule has 0 radical (unpaired) electrons. The normalized spacial score (nSPS) is 17.2. The minimum atomic E-state index is -0.0538. The highest BCUT2D eigenvalue weighted by atomic mass is 16.5. The second kappa shape index (κ2) is 9.71. The van der Waals surface area contributed by atoms with E-state index in [0.717, 1.165) is 45.0 Å². The van der Waals surface area contributed by atoms with Crippen LogP contribution in [0.5, 0.6) is 5.75 Å². The van der Waals surface area contributed by atoms with Crippen LogP contribution in [-0.4, -0.2) is 57.2 Å². The lowest BCUT2D eigenvalue weighted by molar-refractivity contribution is -0.918. The van der Waals surface area contributed by atoms with E-state index in [1.54, 1.807) is 12.0 Å². The third kappa shape index (κ3) is 5.33. The highest BCUT2D eigenvalue weighted by molar-refractivity contribution is 5.80. The van der Waals surface area contributed by atoms with Crippen LogP contribution in [0.4, 0.5) is 0 Å². The number of ether oxygens (including phenoxy) is 1. The Kier molecular flexibility index (Phi) is 7.06. The fourth-order valence-electron chi connectivity index (χ4n) is 3.85. The van der Waals surface area contributed by atoms with Crippen LogP contribution in [0.15, 0.2) is 54.6 Å². The maximum atomic E-state index is 13.0. The summed E-state index contributed by atoms with van der Waals surface area (Å²) >= 11 is 0. The van der Waals surface area contributed by atoms with Crippen LogP contribution in [0.2, 0.25) is 0 Å². The molecule has 1 saturated heterocycles. The summed E-state index contributed by atoms with van der Waals surface area (Å²) in [6.07, 6.45) is 0. The number of hydrogen-bond acceptors (Lipinski definition) is 2. The lowest BCUT2D eigenvalue weighted by Crippen LogP contribution is -3.14. The maximum absolute atomic E-state index is 13.0. The predicted octanol–water partition coefficient (Wildman–Crippen LogP) is 0.0257. The van der Waals surface area contributed by atoms with Gasteiger partial charge in [0.1, 0.15) is 18.8 Å². The Balaban J connectivity index is 1.49. The van der Waals surface area contributed by atoms with Gasteiger partial charge >= 0.3 is 0 Å². The number of nitrogens with zero attached hydrogens (tertiary/aromatic N) is 1. The Hall–Kier alpha value is -2.37. The molecule has 150 valence electrons. The fraction of sp³-hybridized carbons (Fsp3) is 0.435. The summed E-state index contributed by atoms with van der Waals surface area (Å²) in [4.78, 5) is 17.8. The van der Waals surface area contributed by atoms with Crippen LogP contribution < -0.4 is 14.5 Å². The van der Waals surface area contributed by atoms with Crippen LogP contribution >= 0.6 is 0 Å². The zero-order chi connectivity index (χ0) is 19.9. The first-order valence-corrected chi connectivity index (χ1v) is 10.2. The molecule has 5 nitrogen and oxygen atoms in total. The summed E-state index contributed by atoms with van der Waals surface area (Å²) in [5.74, 6) is 1.13. The molecule has 0 bridgehead atoms. The molecule has 2 atom stereocenters. The first kappa shape index (κ1) is 20.4. The van der Waals surface area contributed by atoms with Crippen molar-refractivity contribution in [3.05, 3.63) is 65.7 Å². The molecular weight excluding hydrogens is 350 g/mol.